The van der Waals surface area contributed by atoms with Crippen molar-refractivity contribution < 1.29 is 0 Å². The molecular weight excluding hydrogens is 224 g/mol. The van der Waals surface area contributed by atoms with E-state index in [4.69, 9.17) is 11.6 Å². The first-order valence-electron chi connectivity index (χ1n) is 6.00. The molecule has 1 saturated heterocycles. The second kappa shape index (κ2) is 4.35. The van der Waals surface area contributed by atoms with Crippen LogP contribution in [0.3, 0.4) is 0 Å². The van der Waals surface area contributed by atoms with Gasteiger partial charge in [-0.25, -0.2) is 0 Å². The lowest BCUT2D eigenvalue weighted by Gasteiger charge is -2.27. The molecule has 2 heterocycles. The zero-order valence-electron chi connectivity index (χ0n) is 9.30. The molecule has 16 heavy (non-hydrogen) atoms. The van der Waals surface area contributed by atoms with E-state index >= 15 is 0 Å². The predicted molar refractivity (Wildman–Crippen MR) is 63.7 cm³/mol. The number of nitrogens with one attached hydrogen (secondary N) is 2. The standard InChI is InChI=1S/C11H17ClN4/c12-11-9(7-16-5-3-13-4-6-16)10(14-15-11)8-1-2-8/h8,13H,1-7H2,(H,14,15). The third-order valence-corrected chi connectivity index (χ3v) is 3.74. The van der Waals surface area contributed by atoms with E-state index in [1.807, 2.05) is 0 Å². The van der Waals surface area contributed by atoms with Crippen LogP contribution in [0, 0.1) is 0 Å². The maximum atomic E-state index is 6.15. The van der Waals surface area contributed by atoms with Gasteiger partial charge in [0.05, 0.1) is 0 Å². The summed E-state index contributed by atoms with van der Waals surface area (Å²) in [5, 5.41) is 11.3. The highest BCUT2D eigenvalue weighted by atomic mass is 35.5. The minimum Gasteiger partial charge on any atom is -0.314 e. The molecule has 2 N–H and O–H groups in total. The van der Waals surface area contributed by atoms with E-state index in [1.165, 1.54) is 24.1 Å². The molecule has 0 spiro atoms. The van der Waals surface area contributed by atoms with Crippen molar-refractivity contribution in [3.8, 4) is 0 Å². The average Bonchev–Trinajstić information content (AvgIpc) is 3.08. The number of nitrogens with zero attached hydrogens (tertiary/aromatic N) is 2. The lowest BCUT2D eigenvalue weighted by molar-refractivity contribution is 0.232. The first-order valence-corrected chi connectivity index (χ1v) is 6.38. The number of rotatable bonds is 3. The Balaban J connectivity index is 1.74. The molecule has 0 bridgehead atoms. The van der Waals surface area contributed by atoms with Gasteiger partial charge in [0.15, 0.2) is 5.15 Å². The fraction of sp³-hybridized carbons (Fsp3) is 0.727. The van der Waals surface area contributed by atoms with Crippen molar-refractivity contribution in [1.29, 1.82) is 0 Å². The molecule has 0 aromatic carbocycles. The van der Waals surface area contributed by atoms with Crippen molar-refractivity contribution in [3.05, 3.63) is 16.4 Å². The SMILES string of the molecule is Clc1n[nH]c(C2CC2)c1CN1CCNCC1. The quantitative estimate of drug-likeness (QED) is 0.838. The molecule has 0 radical (unpaired) electrons. The molecule has 88 valence electrons. The number of H-pyrrole nitrogens is 1. The summed E-state index contributed by atoms with van der Waals surface area (Å²) in [4.78, 5) is 2.44. The number of aromatic amines is 1. The van der Waals surface area contributed by atoms with Gasteiger partial charge in [-0.15, -0.1) is 0 Å². The molecule has 2 fully saturated rings. The monoisotopic (exact) mass is 240 g/mol. The Morgan fingerprint density at radius 1 is 1.31 bits per heavy atom. The lowest BCUT2D eigenvalue weighted by atomic mass is 10.1. The van der Waals surface area contributed by atoms with E-state index in [1.54, 1.807) is 0 Å². The Hall–Kier alpha value is -0.580. The van der Waals surface area contributed by atoms with Gasteiger partial charge in [-0.3, -0.25) is 10.00 Å². The van der Waals surface area contributed by atoms with Crippen LogP contribution in [-0.4, -0.2) is 41.3 Å². The van der Waals surface area contributed by atoms with Gasteiger partial charge in [-0.2, -0.15) is 5.10 Å². The predicted octanol–water partition coefficient (Wildman–Crippen LogP) is 1.35. The molecular formula is C11H17ClN4. The van der Waals surface area contributed by atoms with Gasteiger partial charge < -0.3 is 5.32 Å². The van der Waals surface area contributed by atoms with Gasteiger partial charge in [0, 0.05) is 49.9 Å². The zero-order chi connectivity index (χ0) is 11.0. The highest BCUT2D eigenvalue weighted by molar-refractivity contribution is 6.30. The lowest BCUT2D eigenvalue weighted by Crippen LogP contribution is -2.43. The Morgan fingerprint density at radius 2 is 2.06 bits per heavy atom. The normalized spacial score (nSPS) is 22.6. The topological polar surface area (TPSA) is 44.0 Å². The summed E-state index contributed by atoms with van der Waals surface area (Å²) in [5.41, 5.74) is 2.51. The molecule has 2 aliphatic rings. The van der Waals surface area contributed by atoms with E-state index in [0.717, 1.165) is 32.7 Å². The van der Waals surface area contributed by atoms with Gasteiger partial charge in [0.2, 0.25) is 0 Å². The Kier molecular flexibility index (Phi) is 2.88. The van der Waals surface area contributed by atoms with Crippen LogP contribution in [0.2, 0.25) is 5.15 Å². The van der Waals surface area contributed by atoms with Crippen molar-refractivity contribution in [1.82, 2.24) is 20.4 Å². The van der Waals surface area contributed by atoms with Gasteiger partial charge in [-0.1, -0.05) is 11.6 Å². The number of aromatic nitrogens is 2. The molecule has 1 aromatic heterocycles. The molecule has 0 amide bonds. The van der Waals surface area contributed by atoms with Crippen molar-refractivity contribution in [3.63, 3.8) is 0 Å². The zero-order valence-corrected chi connectivity index (χ0v) is 10.1. The maximum absolute atomic E-state index is 6.15. The largest absolute Gasteiger partial charge is 0.314 e. The maximum Gasteiger partial charge on any atom is 0.155 e. The molecule has 0 unspecified atom stereocenters. The van der Waals surface area contributed by atoms with E-state index in [2.05, 4.69) is 20.4 Å². The van der Waals surface area contributed by atoms with Gasteiger partial charge in [0.1, 0.15) is 0 Å². The molecule has 3 rings (SSSR count). The first kappa shape index (κ1) is 10.6. The highest BCUT2D eigenvalue weighted by Gasteiger charge is 2.30. The third-order valence-electron chi connectivity index (χ3n) is 3.43. The fourth-order valence-electron chi connectivity index (χ4n) is 2.31. The molecule has 5 heteroatoms. The molecule has 1 aliphatic carbocycles. The van der Waals surface area contributed by atoms with E-state index < -0.39 is 0 Å². The van der Waals surface area contributed by atoms with Crippen molar-refractivity contribution in [2.24, 2.45) is 0 Å². The second-order valence-electron chi connectivity index (χ2n) is 4.71. The number of hydrogen-bond acceptors (Lipinski definition) is 3. The van der Waals surface area contributed by atoms with Crippen LogP contribution in [0.4, 0.5) is 0 Å². The fourth-order valence-corrected chi connectivity index (χ4v) is 2.51. The van der Waals surface area contributed by atoms with Crippen molar-refractivity contribution in [2.75, 3.05) is 26.2 Å². The Morgan fingerprint density at radius 3 is 2.75 bits per heavy atom. The van der Waals surface area contributed by atoms with E-state index in [9.17, 15) is 0 Å². The van der Waals surface area contributed by atoms with Crippen LogP contribution in [0.5, 0.6) is 0 Å². The summed E-state index contributed by atoms with van der Waals surface area (Å²) in [6.07, 6.45) is 2.57. The minimum atomic E-state index is 0.667. The number of halogens is 1. The second-order valence-corrected chi connectivity index (χ2v) is 5.07. The molecule has 1 aliphatic heterocycles. The number of hydrogen-bond donors (Lipinski definition) is 2. The molecule has 1 saturated carbocycles. The average molecular weight is 241 g/mol. The van der Waals surface area contributed by atoms with Gasteiger partial charge in [-0.05, 0) is 12.8 Å². The van der Waals surface area contributed by atoms with E-state index in [0.29, 0.717) is 11.1 Å². The smallest absolute Gasteiger partial charge is 0.155 e. The van der Waals surface area contributed by atoms with Crippen molar-refractivity contribution >= 4 is 11.6 Å². The molecule has 0 atom stereocenters. The third kappa shape index (κ3) is 2.10. The van der Waals surface area contributed by atoms with Crippen LogP contribution >= 0.6 is 11.6 Å². The summed E-state index contributed by atoms with van der Waals surface area (Å²) in [6.45, 7) is 5.31. The van der Waals surface area contributed by atoms with Gasteiger partial charge in [0.25, 0.3) is 0 Å². The van der Waals surface area contributed by atoms with Crippen LogP contribution < -0.4 is 5.32 Å². The first-order chi connectivity index (χ1) is 7.84. The van der Waals surface area contributed by atoms with Crippen LogP contribution in [-0.2, 0) is 6.54 Å². The van der Waals surface area contributed by atoms with E-state index in [-0.39, 0.29) is 0 Å². The highest BCUT2D eigenvalue weighted by Crippen LogP contribution is 2.42. The van der Waals surface area contributed by atoms with Crippen LogP contribution in [0.15, 0.2) is 0 Å². The van der Waals surface area contributed by atoms with Crippen LogP contribution in [0.25, 0.3) is 0 Å². The van der Waals surface area contributed by atoms with Crippen molar-refractivity contribution in [2.45, 2.75) is 25.3 Å². The molecule has 1 aromatic rings. The summed E-state index contributed by atoms with van der Waals surface area (Å²) in [5.74, 6) is 0.693. The summed E-state index contributed by atoms with van der Waals surface area (Å²) in [6, 6.07) is 0. The summed E-state index contributed by atoms with van der Waals surface area (Å²) in [7, 11) is 0. The number of piperazine rings is 1. The summed E-state index contributed by atoms with van der Waals surface area (Å²) < 4.78 is 0. The Bertz CT molecular complexity index is 366. The Labute approximate surface area is 100 Å². The minimum absolute atomic E-state index is 0.667. The summed E-state index contributed by atoms with van der Waals surface area (Å²) >= 11 is 6.15. The van der Waals surface area contributed by atoms with Crippen LogP contribution in [0.1, 0.15) is 30.0 Å². The van der Waals surface area contributed by atoms with Gasteiger partial charge >= 0.3 is 0 Å². The molecule has 4 nitrogen and oxygen atoms in total.